The van der Waals surface area contributed by atoms with Gasteiger partial charge in [0.2, 0.25) is 5.95 Å². The van der Waals surface area contributed by atoms with Crippen LogP contribution in [0, 0.1) is 12.7 Å². The van der Waals surface area contributed by atoms with Crippen molar-refractivity contribution in [3.63, 3.8) is 0 Å². The zero-order chi connectivity index (χ0) is 14.8. The molecule has 112 valence electrons. The Balaban J connectivity index is 1.89. The van der Waals surface area contributed by atoms with E-state index in [4.69, 9.17) is 11.6 Å². The average Bonchev–Trinajstić information content (AvgIpc) is 2.85. The molecule has 0 atom stereocenters. The van der Waals surface area contributed by atoms with Crippen LogP contribution in [0.25, 0.3) is 0 Å². The standard InChI is InChI=1S/C16H19ClFN3/c1-11-10-21(13-5-3-2-4-6-13)16(19-11)20-15-9-12(18)7-8-14(15)17/h7-10,13H,2-6H2,1H3,(H,19,20). The minimum atomic E-state index is -0.311. The van der Waals surface area contributed by atoms with Gasteiger partial charge in [-0.2, -0.15) is 0 Å². The molecule has 0 bridgehead atoms. The normalized spacial score (nSPS) is 16.1. The molecule has 0 amide bonds. The molecule has 3 nitrogen and oxygen atoms in total. The summed E-state index contributed by atoms with van der Waals surface area (Å²) in [5, 5.41) is 3.67. The molecule has 0 radical (unpaired) electrons. The fourth-order valence-electron chi connectivity index (χ4n) is 2.96. The third kappa shape index (κ3) is 3.21. The number of hydrogen-bond acceptors (Lipinski definition) is 2. The molecule has 0 saturated heterocycles. The third-order valence-electron chi connectivity index (χ3n) is 4.00. The molecule has 1 saturated carbocycles. The van der Waals surface area contributed by atoms with E-state index in [9.17, 15) is 4.39 Å². The van der Waals surface area contributed by atoms with Gasteiger partial charge < -0.3 is 9.88 Å². The van der Waals surface area contributed by atoms with Gasteiger partial charge in [-0.25, -0.2) is 9.37 Å². The highest BCUT2D eigenvalue weighted by Gasteiger charge is 2.19. The van der Waals surface area contributed by atoms with E-state index in [-0.39, 0.29) is 5.82 Å². The largest absolute Gasteiger partial charge is 0.324 e. The summed E-state index contributed by atoms with van der Waals surface area (Å²) in [5.74, 6) is 0.432. The van der Waals surface area contributed by atoms with E-state index in [1.807, 2.05) is 6.92 Å². The Labute approximate surface area is 129 Å². The quantitative estimate of drug-likeness (QED) is 0.841. The predicted molar refractivity (Wildman–Crippen MR) is 83.8 cm³/mol. The molecule has 1 aromatic carbocycles. The maximum atomic E-state index is 13.4. The lowest BCUT2D eigenvalue weighted by Crippen LogP contribution is -2.14. The van der Waals surface area contributed by atoms with Crippen molar-refractivity contribution in [1.29, 1.82) is 0 Å². The maximum absolute atomic E-state index is 13.4. The molecule has 1 aliphatic rings. The second-order valence-corrected chi connectivity index (χ2v) is 6.06. The van der Waals surface area contributed by atoms with Crippen LogP contribution in [-0.2, 0) is 0 Å². The van der Waals surface area contributed by atoms with Gasteiger partial charge in [-0.1, -0.05) is 30.9 Å². The summed E-state index contributed by atoms with van der Waals surface area (Å²) in [6.07, 6.45) is 8.21. The van der Waals surface area contributed by atoms with Crippen LogP contribution in [0.3, 0.4) is 0 Å². The highest BCUT2D eigenvalue weighted by molar-refractivity contribution is 6.33. The summed E-state index contributed by atoms with van der Waals surface area (Å²) >= 11 is 6.12. The van der Waals surface area contributed by atoms with Crippen LogP contribution in [-0.4, -0.2) is 9.55 Å². The number of halogens is 2. The molecule has 0 spiro atoms. The number of aryl methyl sites for hydroxylation is 1. The molecule has 0 aliphatic heterocycles. The number of rotatable bonds is 3. The summed E-state index contributed by atoms with van der Waals surface area (Å²) in [7, 11) is 0. The van der Waals surface area contributed by atoms with Gasteiger partial charge in [-0.15, -0.1) is 0 Å². The van der Waals surface area contributed by atoms with Crippen molar-refractivity contribution in [2.24, 2.45) is 0 Å². The van der Waals surface area contributed by atoms with Crippen molar-refractivity contribution in [1.82, 2.24) is 9.55 Å². The minimum Gasteiger partial charge on any atom is -0.324 e. The van der Waals surface area contributed by atoms with Crippen molar-refractivity contribution in [3.8, 4) is 0 Å². The second kappa shape index (κ2) is 6.06. The molecule has 1 heterocycles. The molecule has 3 rings (SSSR count). The molecule has 5 heteroatoms. The lowest BCUT2D eigenvalue weighted by atomic mass is 9.95. The van der Waals surface area contributed by atoms with E-state index in [0.29, 0.717) is 16.8 Å². The fraction of sp³-hybridized carbons (Fsp3) is 0.438. The lowest BCUT2D eigenvalue weighted by molar-refractivity contribution is 0.356. The first-order valence-corrected chi connectivity index (χ1v) is 7.79. The van der Waals surface area contributed by atoms with Gasteiger partial charge in [0.15, 0.2) is 0 Å². The molecule has 0 unspecified atom stereocenters. The summed E-state index contributed by atoms with van der Waals surface area (Å²) in [5.41, 5.74) is 1.51. The number of nitrogens with one attached hydrogen (secondary N) is 1. The zero-order valence-corrected chi connectivity index (χ0v) is 12.8. The zero-order valence-electron chi connectivity index (χ0n) is 12.1. The van der Waals surface area contributed by atoms with Gasteiger partial charge in [0, 0.05) is 12.2 Å². The highest BCUT2D eigenvalue weighted by Crippen LogP contribution is 2.33. The number of anilines is 2. The van der Waals surface area contributed by atoms with Gasteiger partial charge in [-0.05, 0) is 38.0 Å². The van der Waals surface area contributed by atoms with E-state index in [0.717, 1.165) is 11.6 Å². The molecule has 1 N–H and O–H groups in total. The van der Waals surface area contributed by atoms with Crippen LogP contribution < -0.4 is 5.32 Å². The predicted octanol–water partition coefficient (Wildman–Crippen LogP) is 5.23. The molecule has 1 fully saturated rings. The molecular weight excluding hydrogens is 289 g/mol. The van der Waals surface area contributed by atoms with Crippen LogP contribution in [0.5, 0.6) is 0 Å². The smallest absolute Gasteiger partial charge is 0.207 e. The highest BCUT2D eigenvalue weighted by atomic mass is 35.5. The maximum Gasteiger partial charge on any atom is 0.207 e. The number of imidazole rings is 1. The Bertz CT molecular complexity index is 632. The summed E-state index contributed by atoms with van der Waals surface area (Å²) in [6, 6.07) is 4.78. The monoisotopic (exact) mass is 307 g/mol. The third-order valence-corrected chi connectivity index (χ3v) is 4.33. The molecule has 1 aliphatic carbocycles. The van der Waals surface area contributed by atoms with Gasteiger partial charge in [0.1, 0.15) is 5.82 Å². The van der Waals surface area contributed by atoms with E-state index in [2.05, 4.69) is 21.1 Å². The van der Waals surface area contributed by atoms with Gasteiger partial charge in [0.25, 0.3) is 0 Å². The SMILES string of the molecule is Cc1cn(C2CCCCC2)c(Nc2cc(F)ccc2Cl)n1. The van der Waals surface area contributed by atoms with Crippen LogP contribution in [0.2, 0.25) is 5.02 Å². The van der Waals surface area contributed by atoms with Crippen LogP contribution in [0.4, 0.5) is 16.0 Å². The van der Waals surface area contributed by atoms with E-state index >= 15 is 0 Å². The number of nitrogens with zero attached hydrogens (tertiary/aromatic N) is 2. The summed E-state index contributed by atoms with van der Waals surface area (Å²) < 4.78 is 15.6. The Morgan fingerprint density at radius 3 is 2.81 bits per heavy atom. The molecule has 2 aromatic rings. The molecule has 1 aromatic heterocycles. The molecule has 21 heavy (non-hydrogen) atoms. The molecular formula is C16H19ClFN3. The van der Waals surface area contributed by atoms with E-state index < -0.39 is 0 Å². The Morgan fingerprint density at radius 1 is 1.29 bits per heavy atom. The first-order valence-electron chi connectivity index (χ1n) is 7.41. The first-order chi connectivity index (χ1) is 10.1. The number of aromatic nitrogens is 2. The summed E-state index contributed by atoms with van der Waals surface area (Å²) in [6.45, 7) is 1.97. The van der Waals surface area contributed by atoms with Crippen molar-refractivity contribution in [2.75, 3.05) is 5.32 Å². The minimum absolute atomic E-state index is 0.311. The van der Waals surface area contributed by atoms with Crippen LogP contribution in [0.15, 0.2) is 24.4 Å². The van der Waals surface area contributed by atoms with Gasteiger partial charge in [0.05, 0.1) is 16.4 Å². The van der Waals surface area contributed by atoms with E-state index in [1.165, 1.54) is 44.2 Å². The topological polar surface area (TPSA) is 29.9 Å². The van der Waals surface area contributed by atoms with Crippen LogP contribution >= 0.6 is 11.6 Å². The van der Waals surface area contributed by atoms with Crippen molar-refractivity contribution < 1.29 is 4.39 Å². The lowest BCUT2D eigenvalue weighted by Gasteiger charge is -2.24. The van der Waals surface area contributed by atoms with Gasteiger partial charge >= 0.3 is 0 Å². The fourth-order valence-corrected chi connectivity index (χ4v) is 3.12. The van der Waals surface area contributed by atoms with Gasteiger partial charge in [-0.3, -0.25) is 0 Å². The number of hydrogen-bond donors (Lipinski definition) is 1. The Kier molecular flexibility index (Phi) is 4.15. The van der Waals surface area contributed by atoms with Crippen molar-refractivity contribution in [3.05, 3.63) is 40.9 Å². The van der Waals surface area contributed by atoms with Crippen LogP contribution in [0.1, 0.15) is 43.8 Å². The average molecular weight is 308 g/mol. The number of benzene rings is 1. The van der Waals surface area contributed by atoms with Crippen molar-refractivity contribution in [2.45, 2.75) is 45.1 Å². The Morgan fingerprint density at radius 2 is 2.05 bits per heavy atom. The second-order valence-electron chi connectivity index (χ2n) is 5.65. The van der Waals surface area contributed by atoms with Crippen molar-refractivity contribution >= 4 is 23.2 Å². The van der Waals surface area contributed by atoms with E-state index in [1.54, 1.807) is 6.07 Å². The Hall–Kier alpha value is -1.55. The summed E-state index contributed by atoms with van der Waals surface area (Å²) in [4.78, 5) is 4.52. The first kappa shape index (κ1) is 14.4.